The minimum Gasteiger partial charge on any atom is -0.446 e. The Kier molecular flexibility index (Phi) is 9.74. The van der Waals surface area contributed by atoms with Crippen LogP contribution in [0, 0.1) is 6.92 Å². The second-order valence-corrected chi connectivity index (χ2v) is 11.7. The number of hydrogen-bond acceptors (Lipinski definition) is 6. The first-order valence-electron chi connectivity index (χ1n) is 15.1. The van der Waals surface area contributed by atoms with Gasteiger partial charge in [-0.15, -0.1) is 0 Å². The van der Waals surface area contributed by atoms with Crippen molar-refractivity contribution in [1.82, 2.24) is 20.5 Å². The van der Waals surface area contributed by atoms with E-state index in [1.165, 1.54) is 12.1 Å². The quantitative estimate of drug-likeness (QED) is 0.189. The summed E-state index contributed by atoms with van der Waals surface area (Å²) in [5.74, 6) is -3.12. The number of hydrogen-bond donors (Lipinski definition) is 3. The average Bonchev–Trinajstić information content (AvgIpc) is 3.70. The summed E-state index contributed by atoms with van der Waals surface area (Å²) in [6, 6.07) is 20.3. The summed E-state index contributed by atoms with van der Waals surface area (Å²) in [4.78, 5) is 33.0. The van der Waals surface area contributed by atoms with Crippen molar-refractivity contribution in [3.05, 3.63) is 125 Å². The zero-order chi connectivity index (χ0) is 32.1. The lowest BCUT2D eigenvalue weighted by atomic mass is 9.96. The van der Waals surface area contributed by atoms with Crippen molar-refractivity contribution in [3.63, 3.8) is 0 Å². The number of nitrogens with one attached hydrogen (secondary N) is 2. The van der Waals surface area contributed by atoms with Crippen molar-refractivity contribution in [1.29, 1.82) is 0 Å². The molecule has 3 aromatic carbocycles. The second kappa shape index (κ2) is 13.7. The molecule has 4 aromatic rings. The number of likely N-dealkylation sites (tertiary alicyclic amines) is 1. The predicted molar refractivity (Wildman–Crippen MR) is 166 cm³/mol. The summed E-state index contributed by atoms with van der Waals surface area (Å²) >= 11 is 0. The van der Waals surface area contributed by atoms with Gasteiger partial charge in [0.05, 0.1) is 23.9 Å². The molecule has 2 heterocycles. The van der Waals surface area contributed by atoms with E-state index in [4.69, 9.17) is 4.42 Å². The maximum Gasteiger partial charge on any atom is 0.270 e. The van der Waals surface area contributed by atoms with E-state index >= 15 is 0 Å². The number of alkyl halides is 2. The maximum absolute atomic E-state index is 13.9. The molecule has 1 aliphatic rings. The van der Waals surface area contributed by atoms with Gasteiger partial charge in [0, 0.05) is 36.7 Å². The Hall–Kier alpha value is -4.41. The number of carbonyl (C=O) groups is 2. The molecule has 236 valence electrons. The van der Waals surface area contributed by atoms with E-state index in [2.05, 4.69) is 15.6 Å². The summed E-state index contributed by atoms with van der Waals surface area (Å²) in [7, 11) is 0. The third kappa shape index (κ3) is 7.64. The predicted octanol–water partition coefficient (Wildman–Crippen LogP) is 6.08. The third-order valence-corrected chi connectivity index (χ3v) is 8.14. The summed E-state index contributed by atoms with van der Waals surface area (Å²) < 4.78 is 33.4. The molecule has 4 atom stereocenters. The summed E-state index contributed by atoms with van der Waals surface area (Å²) in [6.07, 6.45) is 2.06. The van der Waals surface area contributed by atoms with E-state index < -0.39 is 30.0 Å². The standard InChI is InChI=1S/C35H38F2N4O4/c1-22-21-45-33(39-22)29-16-9-17-41(29)34(44)27-14-8-13-26(19-27)32(43)40-23(2)31(42)30(25-11-5-4-6-12-25)38-20-24-10-7-15-28(18-24)35(3,36)37/h4-8,10-15,18-19,21,23,29-31,38,42H,9,16-17,20H2,1-3H3,(H,40,43). The van der Waals surface area contributed by atoms with Crippen LogP contribution in [0.4, 0.5) is 8.78 Å². The van der Waals surface area contributed by atoms with Crippen LogP contribution in [0.2, 0.25) is 0 Å². The molecule has 0 aliphatic carbocycles. The van der Waals surface area contributed by atoms with Crippen molar-refractivity contribution < 1.29 is 27.9 Å². The van der Waals surface area contributed by atoms with Crippen LogP contribution >= 0.6 is 0 Å². The molecule has 0 saturated carbocycles. The molecule has 2 amide bonds. The first-order chi connectivity index (χ1) is 21.5. The van der Waals surface area contributed by atoms with Gasteiger partial charge in [-0.05, 0) is 62.1 Å². The number of halogens is 2. The molecule has 1 aromatic heterocycles. The number of amides is 2. The smallest absolute Gasteiger partial charge is 0.270 e. The fourth-order valence-corrected chi connectivity index (χ4v) is 5.69. The summed E-state index contributed by atoms with van der Waals surface area (Å²) in [6.45, 7) is 5.16. The Morgan fingerprint density at radius 1 is 1.07 bits per heavy atom. The molecule has 0 spiro atoms. The number of nitrogens with zero attached hydrogens (tertiary/aromatic N) is 2. The third-order valence-electron chi connectivity index (χ3n) is 8.14. The highest BCUT2D eigenvalue weighted by molar-refractivity contribution is 6.00. The van der Waals surface area contributed by atoms with E-state index in [-0.39, 0.29) is 29.6 Å². The second-order valence-electron chi connectivity index (χ2n) is 11.7. The first kappa shape index (κ1) is 32.0. The number of rotatable bonds is 11. The monoisotopic (exact) mass is 616 g/mol. The van der Waals surface area contributed by atoms with Crippen LogP contribution < -0.4 is 10.6 Å². The number of benzene rings is 3. The fraction of sp³-hybridized carbons (Fsp3) is 0.343. The minimum absolute atomic E-state index is 0.0899. The lowest BCUT2D eigenvalue weighted by Gasteiger charge is -2.30. The highest BCUT2D eigenvalue weighted by Gasteiger charge is 2.34. The van der Waals surface area contributed by atoms with Crippen LogP contribution in [0.15, 0.2) is 89.5 Å². The molecule has 1 aliphatic heterocycles. The molecule has 1 saturated heterocycles. The van der Waals surface area contributed by atoms with Gasteiger partial charge in [-0.3, -0.25) is 9.59 Å². The van der Waals surface area contributed by atoms with Crippen LogP contribution in [0.25, 0.3) is 0 Å². The number of aliphatic hydroxyl groups is 1. The molecule has 4 unspecified atom stereocenters. The summed E-state index contributed by atoms with van der Waals surface area (Å²) in [5, 5.41) is 17.6. The van der Waals surface area contributed by atoms with Crippen molar-refractivity contribution in [2.24, 2.45) is 0 Å². The van der Waals surface area contributed by atoms with Gasteiger partial charge in [0.15, 0.2) is 0 Å². The maximum atomic E-state index is 13.9. The minimum atomic E-state index is -2.97. The van der Waals surface area contributed by atoms with Gasteiger partial charge in [-0.1, -0.05) is 54.6 Å². The molecular weight excluding hydrogens is 578 g/mol. The van der Waals surface area contributed by atoms with Crippen LogP contribution in [-0.4, -0.2) is 45.5 Å². The van der Waals surface area contributed by atoms with Gasteiger partial charge in [-0.2, -0.15) is 0 Å². The van der Waals surface area contributed by atoms with Gasteiger partial charge in [0.1, 0.15) is 12.3 Å². The Balaban J connectivity index is 1.28. The van der Waals surface area contributed by atoms with E-state index in [1.807, 2.05) is 37.3 Å². The fourth-order valence-electron chi connectivity index (χ4n) is 5.69. The van der Waals surface area contributed by atoms with Crippen LogP contribution in [0.3, 0.4) is 0 Å². The lowest BCUT2D eigenvalue weighted by molar-refractivity contribution is 0.0173. The Morgan fingerprint density at radius 2 is 1.80 bits per heavy atom. The van der Waals surface area contributed by atoms with Crippen LogP contribution in [0.1, 0.15) is 87.8 Å². The zero-order valence-electron chi connectivity index (χ0n) is 25.5. The van der Waals surface area contributed by atoms with Crippen molar-refractivity contribution in [2.45, 2.75) is 70.3 Å². The molecular formula is C35H38F2N4O4. The first-order valence-corrected chi connectivity index (χ1v) is 15.1. The van der Waals surface area contributed by atoms with Crippen LogP contribution in [0.5, 0.6) is 0 Å². The molecule has 3 N–H and O–H groups in total. The average molecular weight is 617 g/mol. The van der Waals surface area contributed by atoms with Crippen molar-refractivity contribution >= 4 is 11.8 Å². The van der Waals surface area contributed by atoms with Gasteiger partial charge in [0.2, 0.25) is 5.89 Å². The van der Waals surface area contributed by atoms with Crippen molar-refractivity contribution in [2.75, 3.05) is 6.54 Å². The molecule has 1 fully saturated rings. The van der Waals surface area contributed by atoms with Gasteiger partial charge >= 0.3 is 0 Å². The molecule has 10 heteroatoms. The van der Waals surface area contributed by atoms with Gasteiger partial charge < -0.3 is 25.1 Å². The highest BCUT2D eigenvalue weighted by Crippen LogP contribution is 2.33. The Labute approximate surface area is 261 Å². The van der Waals surface area contributed by atoms with Gasteiger partial charge in [0.25, 0.3) is 17.7 Å². The molecule has 5 rings (SSSR count). The largest absolute Gasteiger partial charge is 0.446 e. The SMILES string of the molecule is Cc1coc(C2CCCN2C(=O)c2cccc(C(=O)NC(C)C(O)C(NCc3cccc(C(C)(F)F)c3)c3ccccc3)c2)n1. The Bertz CT molecular complexity index is 1620. The van der Waals surface area contributed by atoms with E-state index in [9.17, 15) is 23.5 Å². The summed E-state index contributed by atoms with van der Waals surface area (Å²) in [5.41, 5.74) is 2.72. The van der Waals surface area contributed by atoms with Crippen molar-refractivity contribution in [3.8, 4) is 0 Å². The number of aryl methyl sites for hydroxylation is 1. The highest BCUT2D eigenvalue weighted by atomic mass is 19.3. The number of carbonyl (C=O) groups excluding carboxylic acids is 2. The molecule has 0 radical (unpaired) electrons. The zero-order valence-corrected chi connectivity index (χ0v) is 25.5. The number of oxazole rings is 1. The van der Waals surface area contributed by atoms with E-state index in [0.29, 0.717) is 23.6 Å². The van der Waals surface area contributed by atoms with E-state index in [1.54, 1.807) is 54.5 Å². The molecule has 45 heavy (non-hydrogen) atoms. The lowest BCUT2D eigenvalue weighted by Crippen LogP contribution is -2.47. The van der Waals surface area contributed by atoms with Gasteiger partial charge in [-0.25, -0.2) is 13.8 Å². The topological polar surface area (TPSA) is 108 Å². The normalized spacial score (nSPS) is 17.1. The Morgan fingerprint density at radius 3 is 2.51 bits per heavy atom. The molecule has 0 bridgehead atoms. The number of aromatic nitrogens is 1. The number of aliphatic hydroxyl groups excluding tert-OH is 1. The van der Waals surface area contributed by atoms with Crippen LogP contribution in [-0.2, 0) is 12.5 Å². The molecule has 8 nitrogen and oxygen atoms in total. The van der Waals surface area contributed by atoms with E-state index in [0.717, 1.165) is 31.0 Å².